The number of anilines is 1. The van der Waals surface area contributed by atoms with E-state index in [9.17, 15) is 14.9 Å². The van der Waals surface area contributed by atoms with Crippen LogP contribution in [0.1, 0.15) is 24.8 Å². The first-order valence-electron chi connectivity index (χ1n) is 9.12. The predicted molar refractivity (Wildman–Crippen MR) is 116 cm³/mol. The first-order chi connectivity index (χ1) is 14.5. The zero-order valence-corrected chi connectivity index (χ0v) is 18.1. The quantitative estimate of drug-likeness (QED) is 0.642. The molecule has 0 aliphatic carbocycles. The van der Waals surface area contributed by atoms with Crippen LogP contribution < -0.4 is 20.1 Å². The van der Waals surface area contributed by atoms with Gasteiger partial charge in [0.1, 0.15) is 0 Å². The molecule has 1 aromatic heterocycles. The number of hydrogen-bond donors (Lipinski definition) is 2. The number of aromatic nitrogens is 1. The lowest BCUT2D eigenvalue weighted by Gasteiger charge is -2.25. The molecule has 0 bridgehead atoms. The summed E-state index contributed by atoms with van der Waals surface area (Å²) in [6.45, 7) is 2.37. The Kier molecular flexibility index (Phi) is 7.32. The molecule has 1 aliphatic heterocycles. The van der Waals surface area contributed by atoms with E-state index in [0.717, 1.165) is 17.3 Å². The molecule has 1 aliphatic rings. The summed E-state index contributed by atoms with van der Waals surface area (Å²) in [5.74, 6) is 0.264. The molecule has 30 heavy (non-hydrogen) atoms. The van der Waals surface area contributed by atoms with E-state index in [4.69, 9.17) is 9.47 Å². The van der Waals surface area contributed by atoms with Crippen LogP contribution in [-0.2, 0) is 9.59 Å². The van der Waals surface area contributed by atoms with Gasteiger partial charge in [0.05, 0.1) is 36.1 Å². The monoisotopic (exact) mass is 444 g/mol. The summed E-state index contributed by atoms with van der Waals surface area (Å²) in [6.07, 6.45) is 1.73. The lowest BCUT2D eigenvalue weighted by molar-refractivity contribution is -0.121. The van der Waals surface area contributed by atoms with E-state index in [1.54, 1.807) is 30.8 Å². The van der Waals surface area contributed by atoms with Crippen LogP contribution in [0.3, 0.4) is 0 Å². The second-order valence-electron chi connectivity index (χ2n) is 6.18. The zero-order chi connectivity index (χ0) is 21.5. The Labute approximate surface area is 182 Å². The lowest BCUT2D eigenvalue weighted by Crippen LogP contribution is -2.31. The minimum atomic E-state index is -0.433. The highest BCUT2D eigenvalue weighted by Gasteiger charge is 2.30. The number of allylic oxidation sites excluding steroid dienone is 1. The van der Waals surface area contributed by atoms with Gasteiger partial charge in [0.2, 0.25) is 11.8 Å². The van der Waals surface area contributed by atoms with Crippen LogP contribution in [0.15, 0.2) is 40.4 Å². The molecule has 3 rings (SSSR count). The Morgan fingerprint density at radius 3 is 2.97 bits per heavy atom. The van der Waals surface area contributed by atoms with E-state index in [1.165, 1.54) is 11.3 Å². The van der Waals surface area contributed by atoms with Crippen LogP contribution in [0.5, 0.6) is 11.5 Å². The van der Waals surface area contributed by atoms with Crippen LogP contribution in [-0.4, -0.2) is 36.3 Å². The lowest BCUT2D eigenvalue weighted by atomic mass is 9.87. The molecule has 0 unspecified atom stereocenters. The summed E-state index contributed by atoms with van der Waals surface area (Å²) >= 11 is 2.43. The standard InChI is InChI=1S/C20H20N4O4S2/c1-3-28-15-5-4-12(8-16(15)27-2)13-9-17(25)23-19(14(13)10-21)30-11-18(26)24-20-22-6-7-29-20/h4-8,13H,3,9,11H2,1-2H3,(H,23,25)(H,22,24,26)/t13-/m0/s1. The van der Waals surface area contributed by atoms with Crippen LogP contribution in [0.4, 0.5) is 5.13 Å². The van der Waals surface area contributed by atoms with Crippen molar-refractivity contribution in [3.63, 3.8) is 0 Å². The van der Waals surface area contributed by atoms with E-state index < -0.39 is 5.92 Å². The molecule has 1 aromatic carbocycles. The van der Waals surface area contributed by atoms with E-state index in [2.05, 4.69) is 21.7 Å². The predicted octanol–water partition coefficient (Wildman–Crippen LogP) is 3.26. The van der Waals surface area contributed by atoms with Gasteiger partial charge in [0, 0.05) is 23.9 Å². The maximum absolute atomic E-state index is 12.3. The number of thioether (sulfide) groups is 1. The van der Waals surface area contributed by atoms with Gasteiger partial charge in [-0.15, -0.1) is 11.3 Å². The second-order valence-corrected chi connectivity index (χ2v) is 8.06. The Morgan fingerprint density at radius 2 is 2.30 bits per heavy atom. The van der Waals surface area contributed by atoms with Crippen molar-refractivity contribution in [1.29, 1.82) is 5.26 Å². The molecule has 0 spiro atoms. The number of benzene rings is 1. The van der Waals surface area contributed by atoms with Gasteiger partial charge in [-0.2, -0.15) is 5.26 Å². The molecular weight excluding hydrogens is 424 g/mol. The van der Waals surface area contributed by atoms with Crippen molar-refractivity contribution in [2.24, 2.45) is 0 Å². The van der Waals surface area contributed by atoms with Crippen molar-refractivity contribution in [3.8, 4) is 17.6 Å². The van der Waals surface area contributed by atoms with E-state index in [-0.39, 0.29) is 24.0 Å². The van der Waals surface area contributed by atoms with Gasteiger partial charge in [0.25, 0.3) is 0 Å². The van der Waals surface area contributed by atoms with Gasteiger partial charge in [0.15, 0.2) is 16.6 Å². The van der Waals surface area contributed by atoms with Crippen LogP contribution in [0.25, 0.3) is 0 Å². The van der Waals surface area contributed by atoms with Crippen LogP contribution in [0.2, 0.25) is 0 Å². The molecule has 0 radical (unpaired) electrons. The van der Waals surface area contributed by atoms with Crippen molar-refractivity contribution < 1.29 is 19.1 Å². The summed E-state index contributed by atoms with van der Waals surface area (Å²) in [7, 11) is 1.54. The molecule has 2 N–H and O–H groups in total. The van der Waals surface area contributed by atoms with E-state index >= 15 is 0 Å². The molecule has 0 fully saturated rings. The molecule has 2 amide bonds. The molecule has 1 atom stereocenters. The largest absolute Gasteiger partial charge is 0.493 e. The zero-order valence-electron chi connectivity index (χ0n) is 16.4. The minimum absolute atomic E-state index is 0.0414. The van der Waals surface area contributed by atoms with Crippen molar-refractivity contribution in [1.82, 2.24) is 10.3 Å². The minimum Gasteiger partial charge on any atom is -0.493 e. The molecule has 8 nitrogen and oxygen atoms in total. The highest BCUT2D eigenvalue weighted by Crippen LogP contribution is 2.39. The SMILES string of the molecule is CCOc1ccc([C@@H]2CC(=O)NC(SCC(=O)Nc3nccs3)=C2C#N)cc1OC. The molecule has 0 saturated carbocycles. The van der Waals surface area contributed by atoms with E-state index in [1.807, 2.05) is 13.0 Å². The number of hydrogen-bond acceptors (Lipinski definition) is 8. The third kappa shape index (κ3) is 5.11. The molecule has 0 saturated heterocycles. The Bertz CT molecular complexity index is 999. The van der Waals surface area contributed by atoms with Gasteiger partial charge in [-0.25, -0.2) is 4.98 Å². The average Bonchev–Trinajstić information content (AvgIpc) is 3.25. The molecule has 10 heteroatoms. The second kappa shape index (κ2) is 10.1. The van der Waals surface area contributed by atoms with Gasteiger partial charge < -0.3 is 20.1 Å². The van der Waals surface area contributed by atoms with Gasteiger partial charge in [-0.3, -0.25) is 9.59 Å². The van der Waals surface area contributed by atoms with Crippen molar-refractivity contribution in [2.45, 2.75) is 19.3 Å². The summed E-state index contributed by atoms with van der Waals surface area (Å²) in [6, 6.07) is 7.58. The number of amides is 2. The third-order valence-electron chi connectivity index (χ3n) is 4.27. The maximum atomic E-state index is 12.3. The highest BCUT2D eigenvalue weighted by atomic mass is 32.2. The average molecular weight is 445 g/mol. The maximum Gasteiger partial charge on any atom is 0.236 e. The number of thiazole rings is 1. The van der Waals surface area contributed by atoms with Crippen molar-refractivity contribution in [2.75, 3.05) is 24.8 Å². The topological polar surface area (TPSA) is 113 Å². The van der Waals surface area contributed by atoms with Crippen LogP contribution in [0, 0.1) is 11.3 Å². The highest BCUT2D eigenvalue weighted by molar-refractivity contribution is 8.03. The molecule has 156 valence electrons. The van der Waals surface area contributed by atoms with Crippen LogP contribution >= 0.6 is 23.1 Å². The Balaban J connectivity index is 1.81. The number of rotatable bonds is 8. The van der Waals surface area contributed by atoms with E-state index in [0.29, 0.717) is 33.8 Å². The number of carbonyl (C=O) groups excluding carboxylic acids is 2. The number of nitrogens with one attached hydrogen (secondary N) is 2. The number of nitrogens with zero attached hydrogens (tertiary/aromatic N) is 2. The Hall–Kier alpha value is -3.03. The van der Waals surface area contributed by atoms with Crippen molar-refractivity contribution >= 4 is 40.0 Å². The third-order valence-corrected chi connectivity index (χ3v) is 5.98. The number of ether oxygens (including phenoxy) is 2. The molecule has 2 heterocycles. The fourth-order valence-corrected chi connectivity index (χ4v) is 4.39. The fourth-order valence-electron chi connectivity index (χ4n) is 2.97. The fraction of sp³-hybridized carbons (Fsp3) is 0.300. The summed E-state index contributed by atoms with van der Waals surface area (Å²) in [5, 5.41) is 17.8. The molecule has 2 aromatic rings. The van der Waals surface area contributed by atoms with Gasteiger partial charge in [-0.05, 0) is 24.6 Å². The number of methoxy groups -OCH3 is 1. The number of nitriles is 1. The first kappa shape index (κ1) is 21.7. The van der Waals surface area contributed by atoms with Crippen molar-refractivity contribution in [3.05, 3.63) is 45.9 Å². The smallest absolute Gasteiger partial charge is 0.236 e. The molecular formula is C20H20N4O4S2. The number of carbonyl (C=O) groups is 2. The normalized spacial score (nSPS) is 15.9. The summed E-state index contributed by atoms with van der Waals surface area (Å²) < 4.78 is 10.9. The summed E-state index contributed by atoms with van der Waals surface area (Å²) in [4.78, 5) is 28.5. The van der Waals surface area contributed by atoms with Gasteiger partial charge >= 0.3 is 0 Å². The summed E-state index contributed by atoms with van der Waals surface area (Å²) in [5.41, 5.74) is 1.18. The Morgan fingerprint density at radius 1 is 1.47 bits per heavy atom. The first-order valence-corrected chi connectivity index (χ1v) is 11.0. The van der Waals surface area contributed by atoms with Gasteiger partial charge in [-0.1, -0.05) is 17.8 Å².